The first kappa shape index (κ1) is 20.0. The fourth-order valence-corrected chi connectivity index (χ4v) is 5.51. The van der Waals surface area contributed by atoms with Crippen molar-refractivity contribution in [3.05, 3.63) is 65.0 Å². The molecule has 2 saturated heterocycles. The number of rotatable bonds is 5. The van der Waals surface area contributed by atoms with Crippen LogP contribution in [0, 0.1) is 0 Å². The lowest BCUT2D eigenvalue weighted by Crippen LogP contribution is -2.26. The van der Waals surface area contributed by atoms with Gasteiger partial charge in [-0.3, -0.25) is 4.90 Å². The molecule has 1 aromatic carbocycles. The Morgan fingerprint density at radius 2 is 1.97 bits per heavy atom. The van der Waals surface area contributed by atoms with Crippen LogP contribution < -0.4 is 10.6 Å². The second-order valence-electron chi connectivity index (χ2n) is 9.77. The van der Waals surface area contributed by atoms with Crippen molar-refractivity contribution in [2.45, 2.75) is 50.5 Å². The van der Waals surface area contributed by atoms with Crippen LogP contribution in [0.5, 0.6) is 0 Å². The Morgan fingerprint density at radius 1 is 1.09 bits per heavy atom. The number of nitrogens with zero attached hydrogens (tertiary/aromatic N) is 2. The molecule has 3 aromatic rings. The Hall–Kier alpha value is -2.63. The van der Waals surface area contributed by atoms with E-state index in [1.165, 1.54) is 84.1 Å². The van der Waals surface area contributed by atoms with Gasteiger partial charge in [-0.25, -0.2) is 4.98 Å². The number of benzene rings is 1. The molecule has 1 atom stereocenters. The van der Waals surface area contributed by atoms with Gasteiger partial charge in [-0.15, -0.1) is 0 Å². The fraction of sp³-hybridized carbons (Fsp3) is 0.444. The van der Waals surface area contributed by atoms with Crippen LogP contribution in [0.25, 0.3) is 16.6 Å². The van der Waals surface area contributed by atoms with Crippen molar-refractivity contribution in [3.63, 3.8) is 0 Å². The Morgan fingerprint density at radius 3 is 2.75 bits per heavy atom. The molecule has 0 bridgehead atoms. The summed E-state index contributed by atoms with van der Waals surface area (Å²) in [6.07, 6.45) is 9.33. The zero-order valence-corrected chi connectivity index (χ0v) is 19.0. The molecule has 2 aromatic heterocycles. The molecule has 3 fully saturated rings. The van der Waals surface area contributed by atoms with E-state index in [2.05, 4.69) is 64.0 Å². The van der Waals surface area contributed by atoms with E-state index >= 15 is 0 Å². The molecule has 3 aliphatic rings. The van der Waals surface area contributed by atoms with E-state index in [-0.39, 0.29) is 0 Å². The molecule has 32 heavy (non-hydrogen) atoms. The molecule has 1 saturated carbocycles. The Bertz CT molecular complexity index is 1150. The lowest BCUT2D eigenvalue weighted by atomic mass is 9.89. The minimum absolute atomic E-state index is 0.501. The molecule has 3 N–H and O–H groups in total. The highest BCUT2D eigenvalue weighted by molar-refractivity contribution is 5.86. The first-order valence-electron chi connectivity index (χ1n) is 12.2. The minimum Gasteiger partial charge on any atom is -0.357 e. The number of nitrogens with one attached hydrogen (secondary N) is 3. The monoisotopic (exact) mass is 427 g/mol. The van der Waals surface area contributed by atoms with E-state index in [4.69, 9.17) is 4.98 Å². The lowest BCUT2D eigenvalue weighted by Gasteiger charge is -2.23. The van der Waals surface area contributed by atoms with Gasteiger partial charge in [0.15, 0.2) is 0 Å². The highest BCUT2D eigenvalue weighted by Crippen LogP contribution is 2.38. The van der Waals surface area contributed by atoms with E-state index in [1.54, 1.807) is 0 Å². The van der Waals surface area contributed by atoms with Gasteiger partial charge in [0.2, 0.25) is 0 Å². The molecule has 166 valence electrons. The molecular weight excluding hydrogens is 394 g/mol. The first-order valence-corrected chi connectivity index (χ1v) is 12.2. The van der Waals surface area contributed by atoms with Crippen LogP contribution in [0.2, 0.25) is 0 Å². The highest BCUT2D eigenvalue weighted by atomic mass is 15.2. The number of anilines is 1. The van der Waals surface area contributed by atoms with Crippen LogP contribution in [0.3, 0.4) is 0 Å². The van der Waals surface area contributed by atoms with E-state index < -0.39 is 0 Å². The zero-order chi connectivity index (χ0) is 21.5. The van der Waals surface area contributed by atoms with E-state index in [1.807, 2.05) is 6.20 Å². The molecule has 4 heterocycles. The molecule has 5 heteroatoms. The Labute approximate surface area is 190 Å². The standard InChI is InChI=1S/C27H33N5/c1-32-13-3-6-25(32)24-15-22-17-29-26(16-23(22)30-24)31-27(19-7-8-19)21-5-2-4-20(14-21)18-9-11-28-12-10-18/h2,4-5,14-18,25,28,30H,3,6-13H2,1H3,(H,29,31). The summed E-state index contributed by atoms with van der Waals surface area (Å²) in [6, 6.07) is 14.1. The van der Waals surface area contributed by atoms with Crippen LogP contribution >= 0.6 is 0 Å². The van der Waals surface area contributed by atoms with Crippen molar-refractivity contribution in [3.8, 4) is 0 Å². The number of aromatic amines is 1. The van der Waals surface area contributed by atoms with Crippen LogP contribution in [-0.4, -0.2) is 41.5 Å². The third-order valence-corrected chi connectivity index (χ3v) is 7.50. The van der Waals surface area contributed by atoms with E-state index in [9.17, 15) is 0 Å². The average Bonchev–Trinajstić information content (AvgIpc) is 3.44. The summed E-state index contributed by atoms with van der Waals surface area (Å²) in [5.41, 5.74) is 8.03. The lowest BCUT2D eigenvalue weighted by molar-refractivity contribution is 0.313. The number of likely N-dealkylation sites (tertiary alicyclic amines) is 1. The third kappa shape index (κ3) is 3.96. The van der Waals surface area contributed by atoms with Gasteiger partial charge in [-0.1, -0.05) is 18.2 Å². The molecule has 1 unspecified atom stereocenters. The minimum atomic E-state index is 0.501. The average molecular weight is 428 g/mol. The van der Waals surface area contributed by atoms with Crippen molar-refractivity contribution < 1.29 is 0 Å². The summed E-state index contributed by atoms with van der Waals surface area (Å²) in [6.45, 7) is 3.43. The number of fused-ring (bicyclic) bond motifs is 1. The maximum Gasteiger partial charge on any atom is 0.132 e. The summed E-state index contributed by atoms with van der Waals surface area (Å²) < 4.78 is 0. The van der Waals surface area contributed by atoms with Crippen molar-refractivity contribution in [2.75, 3.05) is 32.0 Å². The number of aromatic nitrogens is 2. The topological polar surface area (TPSA) is 56.0 Å². The Kier molecular flexibility index (Phi) is 5.24. The zero-order valence-electron chi connectivity index (χ0n) is 19.0. The number of hydrogen-bond acceptors (Lipinski definition) is 4. The van der Waals surface area contributed by atoms with Crippen molar-refractivity contribution in [1.29, 1.82) is 0 Å². The molecule has 1 aliphatic carbocycles. The number of H-pyrrole nitrogens is 1. The smallest absolute Gasteiger partial charge is 0.132 e. The van der Waals surface area contributed by atoms with Gasteiger partial charge in [0.25, 0.3) is 0 Å². The predicted molar refractivity (Wildman–Crippen MR) is 132 cm³/mol. The Balaban J connectivity index is 1.27. The van der Waals surface area contributed by atoms with Gasteiger partial charge in [0.1, 0.15) is 5.82 Å². The van der Waals surface area contributed by atoms with E-state index in [0.29, 0.717) is 12.0 Å². The van der Waals surface area contributed by atoms with Crippen molar-refractivity contribution in [1.82, 2.24) is 20.2 Å². The number of allylic oxidation sites excluding steroid dienone is 1. The van der Waals surface area contributed by atoms with Gasteiger partial charge >= 0.3 is 0 Å². The van der Waals surface area contributed by atoms with Crippen LogP contribution in [-0.2, 0) is 0 Å². The molecule has 2 aliphatic heterocycles. The maximum atomic E-state index is 4.77. The first-order chi connectivity index (χ1) is 15.7. The molecule has 6 rings (SSSR count). The van der Waals surface area contributed by atoms with Crippen molar-refractivity contribution >= 4 is 22.4 Å². The summed E-state index contributed by atoms with van der Waals surface area (Å²) in [7, 11) is 2.22. The normalized spacial score (nSPS) is 21.9. The molecule has 0 radical (unpaired) electrons. The largest absolute Gasteiger partial charge is 0.357 e. The second-order valence-corrected chi connectivity index (χ2v) is 9.77. The van der Waals surface area contributed by atoms with Crippen LogP contribution in [0.1, 0.15) is 67.3 Å². The quantitative estimate of drug-likeness (QED) is 0.509. The molecule has 0 spiro atoms. The van der Waals surface area contributed by atoms with Gasteiger partial charge < -0.3 is 15.6 Å². The van der Waals surface area contributed by atoms with Gasteiger partial charge in [-0.2, -0.15) is 0 Å². The second kappa shape index (κ2) is 8.38. The number of piperidine rings is 1. The number of pyridine rings is 1. The van der Waals surface area contributed by atoms with Gasteiger partial charge in [-0.05, 0) is 100.0 Å². The van der Waals surface area contributed by atoms with Crippen LogP contribution in [0.4, 0.5) is 5.82 Å². The highest BCUT2D eigenvalue weighted by Gasteiger charge is 2.25. The SMILES string of the molecule is CN1CCCC1c1cc2cnc(NC(=C3CC3)c3cccc(C4CCNCC4)c3)cc2[nH]1. The molecular formula is C27H33N5. The van der Waals surface area contributed by atoms with Crippen molar-refractivity contribution in [2.24, 2.45) is 0 Å². The summed E-state index contributed by atoms with van der Waals surface area (Å²) in [5, 5.41) is 8.37. The third-order valence-electron chi connectivity index (χ3n) is 7.50. The van der Waals surface area contributed by atoms with E-state index in [0.717, 1.165) is 18.9 Å². The number of hydrogen-bond donors (Lipinski definition) is 3. The predicted octanol–water partition coefficient (Wildman–Crippen LogP) is 5.41. The fourth-order valence-electron chi connectivity index (χ4n) is 5.51. The molecule has 0 amide bonds. The summed E-state index contributed by atoms with van der Waals surface area (Å²) in [4.78, 5) is 10.9. The summed E-state index contributed by atoms with van der Waals surface area (Å²) in [5.74, 6) is 1.59. The molecule has 5 nitrogen and oxygen atoms in total. The maximum absolute atomic E-state index is 4.77. The van der Waals surface area contributed by atoms with Gasteiger partial charge in [0, 0.05) is 35.1 Å². The van der Waals surface area contributed by atoms with Crippen LogP contribution in [0.15, 0.2) is 48.2 Å². The summed E-state index contributed by atoms with van der Waals surface area (Å²) >= 11 is 0. The van der Waals surface area contributed by atoms with Gasteiger partial charge in [0.05, 0.1) is 5.52 Å².